The average molecular weight is 255 g/mol. The number of nitrogen functional groups attached to an aromatic ring is 1. The van der Waals surface area contributed by atoms with Crippen molar-refractivity contribution in [3.63, 3.8) is 0 Å². The second-order valence-electron chi connectivity index (χ2n) is 3.67. The Morgan fingerprint density at radius 3 is 2.61 bits per heavy atom. The zero-order valence-corrected chi connectivity index (χ0v) is 10.1. The molecule has 1 aromatic heterocycles. The molecule has 0 fully saturated rings. The largest absolute Gasteiger partial charge is 0.397 e. The van der Waals surface area contributed by atoms with Crippen molar-refractivity contribution in [3.8, 4) is 0 Å². The Kier molecular flexibility index (Phi) is 2.70. The van der Waals surface area contributed by atoms with Gasteiger partial charge in [-0.1, -0.05) is 18.2 Å². The number of aromatic nitrogens is 2. The quantitative estimate of drug-likeness (QED) is 0.560. The van der Waals surface area contributed by atoms with E-state index in [9.17, 15) is 0 Å². The molecule has 0 atom stereocenters. The summed E-state index contributed by atoms with van der Waals surface area (Å²) in [7, 11) is 0. The lowest BCUT2D eigenvalue weighted by atomic mass is 10.2. The lowest BCUT2D eigenvalue weighted by Crippen LogP contribution is -1.85. The van der Waals surface area contributed by atoms with E-state index in [1.165, 1.54) is 0 Å². The smallest absolute Gasteiger partial charge is 0.138 e. The highest BCUT2D eigenvalue weighted by molar-refractivity contribution is 7.00. The molecule has 0 spiro atoms. The van der Waals surface area contributed by atoms with Gasteiger partial charge in [0.05, 0.1) is 23.1 Å². The van der Waals surface area contributed by atoms with Gasteiger partial charge in [0.25, 0.3) is 0 Å². The monoisotopic (exact) mass is 255 g/mol. The standard InChI is InChI=1S/C12H9N5S/c13-9-6-7-10-12(17-18-16-10)11(9)15-14-8-4-2-1-3-5-8/h1-7H,13H2. The fourth-order valence-electron chi connectivity index (χ4n) is 1.56. The number of hydrogen-bond donors (Lipinski definition) is 1. The number of anilines is 1. The van der Waals surface area contributed by atoms with Gasteiger partial charge in [0.2, 0.25) is 0 Å². The molecule has 0 saturated heterocycles. The summed E-state index contributed by atoms with van der Waals surface area (Å²) in [4.78, 5) is 0. The summed E-state index contributed by atoms with van der Waals surface area (Å²) in [5, 5.41) is 8.33. The Bertz CT molecular complexity index is 705. The van der Waals surface area contributed by atoms with Gasteiger partial charge in [-0.25, -0.2) is 0 Å². The lowest BCUT2D eigenvalue weighted by molar-refractivity contribution is 1.24. The van der Waals surface area contributed by atoms with E-state index in [0.717, 1.165) is 22.9 Å². The molecule has 88 valence electrons. The van der Waals surface area contributed by atoms with Crippen molar-refractivity contribution in [1.82, 2.24) is 8.75 Å². The van der Waals surface area contributed by atoms with Crippen molar-refractivity contribution in [2.24, 2.45) is 10.2 Å². The highest BCUT2D eigenvalue weighted by atomic mass is 32.1. The predicted octanol–water partition coefficient (Wildman–Crippen LogP) is 3.69. The van der Waals surface area contributed by atoms with Crippen LogP contribution in [0.3, 0.4) is 0 Å². The first-order chi connectivity index (χ1) is 8.84. The van der Waals surface area contributed by atoms with Gasteiger partial charge in [-0.2, -0.15) is 13.9 Å². The van der Waals surface area contributed by atoms with Gasteiger partial charge in [0.1, 0.15) is 16.7 Å². The maximum absolute atomic E-state index is 5.89. The van der Waals surface area contributed by atoms with E-state index >= 15 is 0 Å². The molecular formula is C12H9N5S. The third kappa shape index (κ3) is 1.93. The number of fused-ring (bicyclic) bond motifs is 1. The van der Waals surface area contributed by atoms with E-state index in [2.05, 4.69) is 19.0 Å². The molecule has 2 aromatic carbocycles. The number of azo groups is 1. The number of rotatable bonds is 2. The minimum atomic E-state index is 0.551. The Hall–Kier alpha value is -2.34. The number of nitrogens with two attached hydrogens (primary N) is 1. The summed E-state index contributed by atoms with van der Waals surface area (Å²) >= 11 is 1.14. The molecule has 6 heteroatoms. The van der Waals surface area contributed by atoms with Crippen LogP contribution in [0.15, 0.2) is 52.7 Å². The first-order valence-electron chi connectivity index (χ1n) is 5.32. The van der Waals surface area contributed by atoms with Gasteiger partial charge in [0.15, 0.2) is 0 Å². The molecule has 2 N–H and O–H groups in total. The lowest BCUT2D eigenvalue weighted by Gasteiger charge is -1.98. The van der Waals surface area contributed by atoms with E-state index in [-0.39, 0.29) is 0 Å². The Morgan fingerprint density at radius 1 is 0.944 bits per heavy atom. The normalized spacial score (nSPS) is 11.3. The van der Waals surface area contributed by atoms with Crippen molar-refractivity contribution >= 4 is 39.8 Å². The van der Waals surface area contributed by atoms with Crippen LogP contribution in [0, 0.1) is 0 Å². The number of nitrogens with zero attached hydrogens (tertiary/aromatic N) is 4. The van der Waals surface area contributed by atoms with E-state index in [0.29, 0.717) is 16.9 Å². The molecule has 0 aliphatic rings. The van der Waals surface area contributed by atoms with E-state index in [1.54, 1.807) is 6.07 Å². The van der Waals surface area contributed by atoms with E-state index in [1.807, 2.05) is 36.4 Å². The molecule has 5 nitrogen and oxygen atoms in total. The van der Waals surface area contributed by atoms with Crippen molar-refractivity contribution in [1.29, 1.82) is 0 Å². The van der Waals surface area contributed by atoms with Gasteiger partial charge < -0.3 is 5.73 Å². The minimum absolute atomic E-state index is 0.551. The number of benzene rings is 2. The second kappa shape index (κ2) is 4.50. The summed E-state index contributed by atoms with van der Waals surface area (Å²) < 4.78 is 8.34. The van der Waals surface area contributed by atoms with Crippen molar-refractivity contribution in [3.05, 3.63) is 42.5 Å². The minimum Gasteiger partial charge on any atom is -0.397 e. The maximum Gasteiger partial charge on any atom is 0.138 e. The first-order valence-corrected chi connectivity index (χ1v) is 6.05. The first kappa shape index (κ1) is 10.8. The average Bonchev–Trinajstić information content (AvgIpc) is 2.87. The highest BCUT2D eigenvalue weighted by Crippen LogP contribution is 2.32. The zero-order valence-electron chi connectivity index (χ0n) is 9.32. The summed E-state index contributed by atoms with van der Waals surface area (Å²) in [5.74, 6) is 0. The van der Waals surface area contributed by atoms with Crippen molar-refractivity contribution in [2.45, 2.75) is 0 Å². The van der Waals surface area contributed by atoms with Gasteiger partial charge >= 0.3 is 0 Å². The Morgan fingerprint density at radius 2 is 1.78 bits per heavy atom. The SMILES string of the molecule is Nc1ccc2nsnc2c1N=Nc1ccccc1. The summed E-state index contributed by atoms with van der Waals surface area (Å²) in [6.45, 7) is 0. The van der Waals surface area contributed by atoms with Crippen molar-refractivity contribution < 1.29 is 0 Å². The molecule has 0 aliphatic carbocycles. The van der Waals surface area contributed by atoms with Crippen LogP contribution in [0.2, 0.25) is 0 Å². The van der Waals surface area contributed by atoms with Crippen LogP contribution in [0.25, 0.3) is 11.0 Å². The molecule has 18 heavy (non-hydrogen) atoms. The summed E-state index contributed by atoms with van der Waals surface area (Å²) in [5.41, 5.74) is 9.28. The van der Waals surface area contributed by atoms with Crippen LogP contribution in [0.4, 0.5) is 17.1 Å². The topological polar surface area (TPSA) is 76.5 Å². The van der Waals surface area contributed by atoms with E-state index < -0.39 is 0 Å². The van der Waals surface area contributed by atoms with E-state index in [4.69, 9.17) is 5.73 Å². The fourth-order valence-corrected chi connectivity index (χ4v) is 2.10. The van der Waals surface area contributed by atoms with Crippen LogP contribution in [-0.2, 0) is 0 Å². The molecule has 0 amide bonds. The molecule has 1 heterocycles. The molecule has 0 bridgehead atoms. The molecule has 3 aromatic rings. The number of hydrogen-bond acceptors (Lipinski definition) is 6. The Balaban J connectivity index is 2.07. The maximum atomic E-state index is 5.89. The van der Waals surface area contributed by atoms with Crippen molar-refractivity contribution in [2.75, 3.05) is 5.73 Å². The zero-order chi connectivity index (χ0) is 12.4. The molecule has 0 radical (unpaired) electrons. The fraction of sp³-hybridized carbons (Fsp3) is 0. The van der Waals surface area contributed by atoms with Gasteiger partial charge in [0, 0.05) is 0 Å². The van der Waals surface area contributed by atoms with Crippen LogP contribution in [-0.4, -0.2) is 8.75 Å². The third-order valence-electron chi connectivity index (χ3n) is 2.45. The second-order valence-corrected chi connectivity index (χ2v) is 4.20. The van der Waals surface area contributed by atoms with Crippen LogP contribution < -0.4 is 5.73 Å². The van der Waals surface area contributed by atoms with Crippen LogP contribution in [0.1, 0.15) is 0 Å². The predicted molar refractivity (Wildman–Crippen MR) is 72.4 cm³/mol. The molecule has 0 aliphatic heterocycles. The third-order valence-corrected chi connectivity index (χ3v) is 3.00. The van der Waals surface area contributed by atoms with Crippen LogP contribution >= 0.6 is 11.7 Å². The summed E-state index contributed by atoms with van der Waals surface area (Å²) in [6.07, 6.45) is 0. The Labute approximate surface area is 107 Å². The van der Waals surface area contributed by atoms with Gasteiger partial charge in [-0.05, 0) is 24.3 Å². The molecule has 0 unspecified atom stereocenters. The molecule has 3 rings (SSSR count). The summed E-state index contributed by atoms with van der Waals surface area (Å²) in [6, 6.07) is 13.1. The molecular weight excluding hydrogens is 246 g/mol. The van der Waals surface area contributed by atoms with Gasteiger partial charge in [-0.3, -0.25) is 0 Å². The van der Waals surface area contributed by atoms with Crippen LogP contribution in [0.5, 0.6) is 0 Å². The van der Waals surface area contributed by atoms with Gasteiger partial charge in [-0.15, -0.1) is 5.11 Å². The molecule has 0 saturated carbocycles. The highest BCUT2D eigenvalue weighted by Gasteiger charge is 2.08.